The number of hydrogen-bond donors (Lipinski definition) is 0. The lowest BCUT2D eigenvalue weighted by Crippen LogP contribution is -2.40. The van der Waals surface area contributed by atoms with Gasteiger partial charge in [-0.25, -0.2) is 0 Å². The summed E-state index contributed by atoms with van der Waals surface area (Å²) >= 11 is 6.78. The third-order valence-corrected chi connectivity index (χ3v) is 6.95. The minimum absolute atomic E-state index is 0.261. The summed E-state index contributed by atoms with van der Waals surface area (Å²) in [6.07, 6.45) is 0.294. The highest BCUT2D eigenvalue weighted by molar-refractivity contribution is 9.10. The maximum absolute atomic E-state index is 13.7. The van der Waals surface area contributed by atoms with Gasteiger partial charge in [-0.3, -0.25) is 14.4 Å². The molecule has 2 aromatic carbocycles. The van der Waals surface area contributed by atoms with Crippen molar-refractivity contribution < 1.29 is 23.9 Å². The summed E-state index contributed by atoms with van der Waals surface area (Å²) < 4.78 is 12.1. The molecule has 0 amide bonds. The van der Waals surface area contributed by atoms with E-state index in [-0.39, 0.29) is 5.78 Å². The molecule has 1 heterocycles. The summed E-state index contributed by atoms with van der Waals surface area (Å²) in [5.74, 6) is -1.99. The second-order valence-electron chi connectivity index (χ2n) is 6.97. The number of ketones is 1. The predicted molar refractivity (Wildman–Crippen MR) is 108 cm³/mol. The van der Waals surface area contributed by atoms with Crippen LogP contribution in [0.5, 0.6) is 5.75 Å². The summed E-state index contributed by atoms with van der Waals surface area (Å²) in [5, 5.41) is 0. The van der Waals surface area contributed by atoms with Crippen LogP contribution < -0.4 is 4.74 Å². The Kier molecular flexibility index (Phi) is 4.50. The maximum Gasteiger partial charge on any atom is 0.330 e. The fourth-order valence-electron chi connectivity index (χ4n) is 4.71. The Morgan fingerprint density at radius 3 is 2.36 bits per heavy atom. The predicted octanol–water partition coefficient (Wildman–Crippen LogP) is 4.67. The lowest BCUT2D eigenvalue weighted by Gasteiger charge is -2.22. The highest BCUT2D eigenvalue weighted by Gasteiger charge is 2.90. The average Bonchev–Trinajstić information content (AvgIpc) is 3.35. The van der Waals surface area contributed by atoms with Gasteiger partial charge in [0.15, 0.2) is 11.2 Å². The van der Waals surface area contributed by atoms with E-state index in [0.717, 1.165) is 8.95 Å². The van der Waals surface area contributed by atoms with Crippen molar-refractivity contribution in [3.05, 3.63) is 62.5 Å². The number of carbonyl (C=O) groups excluding carboxylic acids is 3. The second-order valence-corrected chi connectivity index (χ2v) is 8.80. The van der Waals surface area contributed by atoms with Gasteiger partial charge in [0.25, 0.3) is 0 Å². The zero-order valence-electron chi connectivity index (χ0n) is 15.1. The molecule has 2 aromatic rings. The van der Waals surface area contributed by atoms with E-state index in [1.54, 1.807) is 42.5 Å². The third kappa shape index (κ3) is 2.26. The molecule has 0 bridgehead atoms. The number of fused-ring (bicyclic) bond motifs is 3. The average molecular weight is 508 g/mol. The first-order valence-corrected chi connectivity index (χ1v) is 10.3. The van der Waals surface area contributed by atoms with Crippen LogP contribution in [0, 0.1) is 10.8 Å². The summed E-state index contributed by atoms with van der Waals surface area (Å²) in [4.78, 5) is 39.6. The Balaban J connectivity index is 1.95. The zero-order valence-corrected chi connectivity index (χ0v) is 18.3. The van der Waals surface area contributed by atoms with E-state index in [0.29, 0.717) is 23.3 Å². The van der Waals surface area contributed by atoms with Crippen molar-refractivity contribution in [3.8, 4) is 5.75 Å². The van der Waals surface area contributed by atoms with E-state index in [1.807, 2.05) is 6.92 Å². The summed E-state index contributed by atoms with van der Waals surface area (Å²) in [7, 11) is 1.22. The smallest absolute Gasteiger partial charge is 0.330 e. The number of benzene rings is 2. The van der Waals surface area contributed by atoms with Gasteiger partial charge >= 0.3 is 11.9 Å². The molecular weight excluding hydrogens is 492 g/mol. The van der Waals surface area contributed by atoms with E-state index < -0.39 is 28.7 Å². The molecule has 0 saturated heterocycles. The molecule has 7 heteroatoms. The number of esters is 2. The van der Waals surface area contributed by atoms with Crippen LogP contribution in [0.4, 0.5) is 0 Å². The number of ether oxygens (including phenoxy) is 2. The first kappa shape index (κ1) is 19.3. The molecule has 1 aliphatic carbocycles. The van der Waals surface area contributed by atoms with Crippen LogP contribution in [-0.2, 0) is 14.3 Å². The second kappa shape index (κ2) is 6.52. The molecule has 0 unspecified atom stereocenters. The number of hydrogen-bond acceptors (Lipinski definition) is 5. The van der Waals surface area contributed by atoms with Crippen molar-refractivity contribution in [2.45, 2.75) is 19.3 Å². The van der Waals surface area contributed by atoms with Crippen molar-refractivity contribution in [1.82, 2.24) is 0 Å². The van der Waals surface area contributed by atoms with Crippen LogP contribution in [0.3, 0.4) is 0 Å². The molecule has 1 fully saturated rings. The van der Waals surface area contributed by atoms with Crippen LogP contribution in [0.1, 0.15) is 35.2 Å². The van der Waals surface area contributed by atoms with Crippen LogP contribution in [0.2, 0.25) is 0 Å². The van der Waals surface area contributed by atoms with Crippen LogP contribution in [0.15, 0.2) is 51.4 Å². The monoisotopic (exact) mass is 506 g/mol. The maximum atomic E-state index is 13.7. The lowest BCUT2D eigenvalue weighted by atomic mass is 9.83. The van der Waals surface area contributed by atoms with Crippen molar-refractivity contribution in [3.63, 3.8) is 0 Å². The molecule has 1 saturated carbocycles. The molecule has 4 rings (SSSR count). The molecule has 1 aliphatic heterocycles. The Morgan fingerprint density at radius 2 is 1.75 bits per heavy atom. The van der Waals surface area contributed by atoms with E-state index in [1.165, 1.54) is 7.11 Å². The lowest BCUT2D eigenvalue weighted by molar-refractivity contribution is -0.160. The minimum Gasteiger partial charge on any atom is -0.468 e. The van der Waals surface area contributed by atoms with Gasteiger partial charge in [0.2, 0.25) is 0 Å². The molecule has 0 aromatic heterocycles. The van der Waals surface area contributed by atoms with Gasteiger partial charge in [-0.15, -0.1) is 0 Å². The van der Waals surface area contributed by atoms with Gasteiger partial charge in [-0.05, 0) is 36.8 Å². The molecule has 0 N–H and O–H groups in total. The minimum atomic E-state index is -1.67. The largest absolute Gasteiger partial charge is 0.468 e. The van der Waals surface area contributed by atoms with Crippen molar-refractivity contribution in [1.29, 1.82) is 0 Å². The number of methoxy groups -OCH3 is 1. The van der Waals surface area contributed by atoms with Crippen molar-refractivity contribution >= 4 is 49.6 Å². The van der Waals surface area contributed by atoms with Crippen LogP contribution in [0.25, 0.3) is 0 Å². The quantitative estimate of drug-likeness (QED) is 0.260. The van der Waals surface area contributed by atoms with Gasteiger partial charge in [0, 0.05) is 26.0 Å². The zero-order chi connectivity index (χ0) is 20.3. The Morgan fingerprint density at radius 1 is 1.11 bits per heavy atom. The summed E-state index contributed by atoms with van der Waals surface area (Å²) in [6, 6.07) is 12.1. The fraction of sp³-hybridized carbons (Fsp3) is 0.286. The Hall–Kier alpha value is -1.99. The van der Waals surface area contributed by atoms with Gasteiger partial charge in [-0.2, -0.15) is 0 Å². The Bertz CT molecular complexity index is 1020. The topological polar surface area (TPSA) is 69.7 Å². The van der Waals surface area contributed by atoms with Crippen LogP contribution >= 0.6 is 31.9 Å². The molecule has 0 spiro atoms. The van der Waals surface area contributed by atoms with E-state index in [2.05, 4.69) is 31.9 Å². The van der Waals surface area contributed by atoms with Gasteiger partial charge in [0.1, 0.15) is 5.75 Å². The van der Waals surface area contributed by atoms with E-state index >= 15 is 0 Å². The fourth-order valence-corrected chi connectivity index (χ4v) is 5.35. The molecule has 5 nitrogen and oxygen atoms in total. The SMILES string of the molecule is CC[C@@]1(C(=O)c2ccc(Br)cc2)[C@@H]2c3cc(Br)ccc3OC(=O)[C@@]21C(=O)OC. The molecule has 2 aliphatic rings. The molecule has 144 valence electrons. The molecule has 28 heavy (non-hydrogen) atoms. The number of halogens is 2. The molecule has 0 radical (unpaired) electrons. The first-order valence-electron chi connectivity index (χ1n) is 8.75. The standard InChI is InChI=1S/C21H16Br2O5/c1-3-20(17(24)11-4-6-12(22)7-5-11)16-14-10-13(23)8-9-15(14)28-19(26)21(16,20)18(25)27-2/h4-10,16H,3H2,1-2H3/t16-,20-,21-/m0/s1. The van der Waals surface area contributed by atoms with Crippen LogP contribution in [-0.4, -0.2) is 24.8 Å². The van der Waals surface area contributed by atoms with Gasteiger partial charge < -0.3 is 9.47 Å². The number of Topliss-reactive ketones (excluding diaryl/α,β-unsaturated/α-hetero) is 1. The number of carbonyl (C=O) groups is 3. The molecule has 3 atom stereocenters. The first-order chi connectivity index (χ1) is 13.3. The Labute approximate surface area is 178 Å². The number of rotatable bonds is 4. The van der Waals surface area contributed by atoms with E-state index in [4.69, 9.17) is 9.47 Å². The highest BCUT2D eigenvalue weighted by atomic mass is 79.9. The highest BCUT2D eigenvalue weighted by Crippen LogP contribution is 2.80. The van der Waals surface area contributed by atoms with Gasteiger partial charge in [0.05, 0.1) is 12.5 Å². The third-order valence-electron chi connectivity index (χ3n) is 5.93. The van der Waals surface area contributed by atoms with Crippen molar-refractivity contribution in [2.75, 3.05) is 7.11 Å². The summed E-state index contributed by atoms with van der Waals surface area (Å²) in [5.41, 5.74) is -1.83. The summed E-state index contributed by atoms with van der Waals surface area (Å²) in [6.45, 7) is 1.81. The molecular formula is C21H16Br2O5. The normalized spacial score (nSPS) is 27.3. The van der Waals surface area contributed by atoms with Crippen molar-refractivity contribution in [2.24, 2.45) is 10.8 Å². The van der Waals surface area contributed by atoms with E-state index in [9.17, 15) is 14.4 Å². The van der Waals surface area contributed by atoms with Gasteiger partial charge in [-0.1, -0.05) is 50.9 Å².